The van der Waals surface area contributed by atoms with Crippen molar-refractivity contribution in [3.63, 3.8) is 0 Å². The lowest BCUT2D eigenvalue weighted by Gasteiger charge is -2.31. The number of carboxylic acid groups (broad SMARTS) is 1. The summed E-state index contributed by atoms with van der Waals surface area (Å²) in [4.78, 5) is 11.9. The number of alkyl halides is 3. The standard InChI is InChI=1S/C12H13F3N2O4S/c13-12(14,15)9-7-8(16-11(18)19)1-2-10(9)17-3-5-22(20,21)6-4-17/h1-2,7,16H,3-6H2,(H,18,19). The van der Waals surface area contributed by atoms with Crippen molar-refractivity contribution < 1.29 is 31.5 Å². The van der Waals surface area contributed by atoms with E-state index in [1.165, 1.54) is 11.0 Å². The van der Waals surface area contributed by atoms with Crippen LogP contribution in [-0.4, -0.2) is 44.2 Å². The summed E-state index contributed by atoms with van der Waals surface area (Å²) in [6, 6.07) is 3.06. The van der Waals surface area contributed by atoms with E-state index in [4.69, 9.17) is 5.11 Å². The minimum Gasteiger partial charge on any atom is -0.465 e. The number of nitrogens with one attached hydrogen (secondary N) is 1. The predicted octanol–water partition coefficient (Wildman–Crippen LogP) is 2.03. The van der Waals surface area contributed by atoms with Crippen LogP contribution in [0.2, 0.25) is 0 Å². The highest BCUT2D eigenvalue weighted by Crippen LogP contribution is 2.38. The number of carbonyl (C=O) groups is 1. The first-order valence-corrected chi connectivity index (χ1v) is 8.07. The highest BCUT2D eigenvalue weighted by Gasteiger charge is 2.36. The highest BCUT2D eigenvalue weighted by atomic mass is 32.2. The van der Waals surface area contributed by atoms with Gasteiger partial charge in [-0.15, -0.1) is 0 Å². The molecule has 2 N–H and O–H groups in total. The number of halogens is 3. The largest absolute Gasteiger partial charge is 0.465 e. The minimum absolute atomic E-state index is 0.0306. The number of sulfone groups is 1. The number of hydrogen-bond acceptors (Lipinski definition) is 4. The van der Waals surface area contributed by atoms with E-state index in [0.29, 0.717) is 6.07 Å². The summed E-state index contributed by atoms with van der Waals surface area (Å²) in [6.07, 6.45) is -6.15. The molecule has 1 aromatic rings. The number of rotatable bonds is 2. The van der Waals surface area contributed by atoms with Crippen LogP contribution < -0.4 is 10.2 Å². The van der Waals surface area contributed by atoms with E-state index in [1.807, 2.05) is 5.32 Å². The Morgan fingerprint density at radius 2 is 1.82 bits per heavy atom. The number of benzene rings is 1. The molecule has 22 heavy (non-hydrogen) atoms. The van der Waals surface area contributed by atoms with E-state index in [-0.39, 0.29) is 36.0 Å². The average molecular weight is 338 g/mol. The second-order valence-electron chi connectivity index (χ2n) is 4.80. The Bertz CT molecular complexity index is 674. The molecule has 0 atom stereocenters. The molecule has 0 unspecified atom stereocenters. The summed E-state index contributed by atoms with van der Waals surface area (Å²) in [5, 5.41) is 10.4. The molecule has 1 aliphatic rings. The fourth-order valence-electron chi connectivity index (χ4n) is 2.19. The van der Waals surface area contributed by atoms with Gasteiger partial charge in [0.25, 0.3) is 0 Å². The smallest absolute Gasteiger partial charge is 0.418 e. The third kappa shape index (κ3) is 3.81. The topological polar surface area (TPSA) is 86.7 Å². The van der Waals surface area contributed by atoms with Gasteiger partial charge in [0, 0.05) is 24.5 Å². The normalized spacial score (nSPS) is 18.0. The van der Waals surface area contributed by atoms with Gasteiger partial charge in [-0.1, -0.05) is 0 Å². The van der Waals surface area contributed by atoms with E-state index in [9.17, 15) is 26.4 Å². The lowest BCUT2D eigenvalue weighted by atomic mass is 10.1. The van der Waals surface area contributed by atoms with Crippen molar-refractivity contribution in [3.8, 4) is 0 Å². The Balaban J connectivity index is 2.36. The van der Waals surface area contributed by atoms with Crippen molar-refractivity contribution in [1.82, 2.24) is 0 Å². The Labute approximate surface area is 124 Å². The van der Waals surface area contributed by atoms with Gasteiger partial charge in [0.2, 0.25) is 0 Å². The Morgan fingerprint density at radius 3 is 2.32 bits per heavy atom. The molecule has 0 saturated carbocycles. The molecule has 1 amide bonds. The summed E-state index contributed by atoms with van der Waals surface area (Å²) < 4.78 is 62.2. The highest BCUT2D eigenvalue weighted by molar-refractivity contribution is 7.91. The Morgan fingerprint density at radius 1 is 1.23 bits per heavy atom. The Hall–Kier alpha value is -1.97. The van der Waals surface area contributed by atoms with Gasteiger partial charge < -0.3 is 10.0 Å². The zero-order valence-electron chi connectivity index (χ0n) is 11.2. The van der Waals surface area contributed by atoms with Crippen LogP contribution in [0.25, 0.3) is 0 Å². The summed E-state index contributed by atoms with van der Waals surface area (Å²) in [7, 11) is -3.21. The van der Waals surface area contributed by atoms with Gasteiger partial charge in [0.1, 0.15) is 0 Å². The molecule has 0 aliphatic carbocycles. The van der Waals surface area contributed by atoms with Crippen LogP contribution in [0, 0.1) is 0 Å². The monoisotopic (exact) mass is 338 g/mol. The van der Waals surface area contributed by atoms with Crippen LogP contribution in [0.1, 0.15) is 5.56 Å². The van der Waals surface area contributed by atoms with E-state index in [1.54, 1.807) is 0 Å². The summed E-state index contributed by atoms with van der Waals surface area (Å²) in [5.41, 5.74) is -1.36. The molecule has 0 radical (unpaired) electrons. The zero-order chi connectivity index (χ0) is 16.5. The fraction of sp³-hybridized carbons (Fsp3) is 0.417. The first kappa shape index (κ1) is 16.4. The molecule has 1 aliphatic heterocycles. The van der Waals surface area contributed by atoms with Crippen LogP contribution in [0.3, 0.4) is 0 Å². The van der Waals surface area contributed by atoms with Crippen molar-refractivity contribution in [2.24, 2.45) is 0 Å². The van der Waals surface area contributed by atoms with Gasteiger partial charge in [0.05, 0.1) is 17.1 Å². The minimum atomic E-state index is -4.68. The Kier molecular flexibility index (Phi) is 4.23. The van der Waals surface area contributed by atoms with Crippen LogP contribution in [0.4, 0.5) is 29.3 Å². The summed E-state index contributed by atoms with van der Waals surface area (Å²) in [5.74, 6) is -0.418. The van der Waals surface area contributed by atoms with Gasteiger partial charge in [-0.05, 0) is 18.2 Å². The molecule has 10 heteroatoms. The maximum Gasteiger partial charge on any atom is 0.418 e. The number of anilines is 2. The lowest BCUT2D eigenvalue weighted by Crippen LogP contribution is -2.41. The number of nitrogens with zero attached hydrogens (tertiary/aromatic N) is 1. The second-order valence-corrected chi connectivity index (χ2v) is 7.10. The molecular formula is C12H13F3N2O4S. The molecule has 1 fully saturated rings. The van der Waals surface area contributed by atoms with E-state index in [0.717, 1.165) is 6.07 Å². The van der Waals surface area contributed by atoms with E-state index < -0.39 is 27.7 Å². The first-order valence-electron chi connectivity index (χ1n) is 6.25. The number of amides is 1. The van der Waals surface area contributed by atoms with Crippen molar-refractivity contribution in [2.45, 2.75) is 6.18 Å². The molecule has 2 rings (SSSR count). The van der Waals surface area contributed by atoms with Crippen LogP contribution in [0.15, 0.2) is 18.2 Å². The average Bonchev–Trinajstić information content (AvgIpc) is 2.37. The molecule has 6 nitrogen and oxygen atoms in total. The molecule has 122 valence electrons. The van der Waals surface area contributed by atoms with E-state index in [2.05, 4.69) is 0 Å². The van der Waals surface area contributed by atoms with Gasteiger partial charge in [-0.2, -0.15) is 13.2 Å². The zero-order valence-corrected chi connectivity index (χ0v) is 12.0. The predicted molar refractivity (Wildman–Crippen MR) is 74.0 cm³/mol. The molecule has 1 heterocycles. The van der Waals surface area contributed by atoms with Crippen LogP contribution in [-0.2, 0) is 16.0 Å². The van der Waals surface area contributed by atoms with E-state index >= 15 is 0 Å². The molecule has 0 spiro atoms. The third-order valence-electron chi connectivity index (χ3n) is 3.24. The second kappa shape index (κ2) is 5.67. The maximum absolute atomic E-state index is 13.2. The lowest BCUT2D eigenvalue weighted by molar-refractivity contribution is -0.137. The van der Waals surface area contributed by atoms with Crippen LogP contribution >= 0.6 is 0 Å². The quantitative estimate of drug-likeness (QED) is 0.862. The molecular weight excluding hydrogens is 325 g/mol. The SMILES string of the molecule is O=C(O)Nc1ccc(N2CCS(=O)(=O)CC2)c(C(F)(F)F)c1. The first-order chi connectivity index (χ1) is 10.1. The fourth-order valence-corrected chi connectivity index (χ4v) is 3.39. The van der Waals surface area contributed by atoms with Crippen LogP contribution in [0.5, 0.6) is 0 Å². The van der Waals surface area contributed by atoms with Gasteiger partial charge in [-0.25, -0.2) is 13.2 Å². The molecule has 0 aromatic heterocycles. The third-order valence-corrected chi connectivity index (χ3v) is 4.85. The van der Waals surface area contributed by atoms with Crippen molar-refractivity contribution >= 4 is 27.3 Å². The van der Waals surface area contributed by atoms with Gasteiger partial charge >= 0.3 is 12.3 Å². The van der Waals surface area contributed by atoms with Crippen molar-refractivity contribution in [1.29, 1.82) is 0 Å². The van der Waals surface area contributed by atoms with Crippen molar-refractivity contribution in [3.05, 3.63) is 23.8 Å². The molecule has 0 bridgehead atoms. The molecule has 1 aromatic carbocycles. The molecule has 1 saturated heterocycles. The summed E-state index contributed by atoms with van der Waals surface area (Å²) >= 11 is 0. The maximum atomic E-state index is 13.2. The van der Waals surface area contributed by atoms with Gasteiger partial charge in [-0.3, -0.25) is 5.32 Å². The van der Waals surface area contributed by atoms with Gasteiger partial charge in [0.15, 0.2) is 9.84 Å². The number of hydrogen-bond donors (Lipinski definition) is 2. The van der Waals surface area contributed by atoms with Crippen molar-refractivity contribution in [2.75, 3.05) is 34.8 Å². The summed E-state index contributed by atoms with van der Waals surface area (Å²) in [6.45, 7) is -0.0613.